The fraction of sp³-hybridized carbons (Fsp3) is 0.462. The average Bonchev–Trinajstić information content (AvgIpc) is 3.42. The molecule has 0 radical (unpaired) electrons. The van der Waals surface area contributed by atoms with Crippen LogP contribution in [-0.2, 0) is 32.0 Å². The summed E-state index contributed by atoms with van der Waals surface area (Å²) >= 11 is 0. The van der Waals surface area contributed by atoms with E-state index in [9.17, 15) is 29.4 Å². The smallest absolute Gasteiger partial charge is 0.326 e. The Bertz CT molecular complexity index is 1180. The van der Waals surface area contributed by atoms with E-state index >= 15 is 0 Å². The number of nitrogens with two attached hydrogens (primary N) is 3. The fourth-order valence-corrected chi connectivity index (χ4v) is 3.89. The molecule has 0 aliphatic carbocycles. The van der Waals surface area contributed by atoms with Gasteiger partial charge in [0.05, 0.1) is 12.4 Å². The number of imidazole rings is 1. The number of amides is 3. The van der Waals surface area contributed by atoms with Crippen LogP contribution in [0.5, 0.6) is 5.75 Å². The molecule has 15 heteroatoms. The van der Waals surface area contributed by atoms with Gasteiger partial charge in [-0.05, 0) is 36.5 Å². The van der Waals surface area contributed by atoms with Gasteiger partial charge in [-0.25, -0.2) is 9.78 Å². The van der Waals surface area contributed by atoms with Gasteiger partial charge in [-0.15, -0.1) is 0 Å². The topological polar surface area (TPSA) is 264 Å². The standard InChI is InChI=1S/C26H39N9O6/c1-14(2)21(35-22(37)18(27)11-16-12-30-13-32-16)24(39)34-20(10-15-5-7-17(36)8-6-15)23(38)33-19(25(40)41)4-3-9-31-26(28)29/h5-8,12-14,18-21,36H,3-4,9-11,27H2,1-2H3,(H,30,32)(H,33,38)(H,34,39)(H,35,37)(H,40,41)(H4,28,29,31). The summed E-state index contributed by atoms with van der Waals surface area (Å²) in [6.45, 7) is 3.61. The van der Waals surface area contributed by atoms with E-state index in [1.807, 2.05) is 0 Å². The summed E-state index contributed by atoms with van der Waals surface area (Å²) in [6.07, 6.45) is 3.47. The van der Waals surface area contributed by atoms with Crippen LogP contribution in [-0.4, -0.2) is 80.5 Å². The SMILES string of the molecule is CC(C)C(NC(=O)C(N)Cc1cnc[nH]1)C(=O)NC(Cc1ccc(O)cc1)C(=O)NC(CCCN=C(N)N)C(=O)O. The first-order valence-electron chi connectivity index (χ1n) is 13.1. The Morgan fingerprint density at radius 2 is 1.63 bits per heavy atom. The summed E-state index contributed by atoms with van der Waals surface area (Å²) in [4.78, 5) is 61.8. The molecule has 0 aliphatic heterocycles. The maximum Gasteiger partial charge on any atom is 0.326 e. The second kappa shape index (κ2) is 15.8. The molecule has 0 spiro atoms. The third-order valence-corrected chi connectivity index (χ3v) is 6.15. The van der Waals surface area contributed by atoms with Crippen molar-refractivity contribution in [3.05, 3.63) is 48.0 Å². The van der Waals surface area contributed by atoms with E-state index in [0.29, 0.717) is 11.3 Å². The van der Waals surface area contributed by atoms with Crippen LogP contribution in [0, 0.1) is 5.92 Å². The number of phenolic OH excluding ortho intramolecular Hbond substituents is 1. The van der Waals surface area contributed by atoms with Gasteiger partial charge in [-0.3, -0.25) is 19.4 Å². The van der Waals surface area contributed by atoms with Crippen LogP contribution < -0.4 is 33.2 Å². The molecule has 0 fully saturated rings. The van der Waals surface area contributed by atoms with Crippen LogP contribution >= 0.6 is 0 Å². The van der Waals surface area contributed by atoms with Crippen LogP contribution in [0.2, 0.25) is 0 Å². The van der Waals surface area contributed by atoms with Gasteiger partial charge in [0.1, 0.15) is 23.9 Å². The van der Waals surface area contributed by atoms with Crippen LogP contribution in [0.25, 0.3) is 0 Å². The van der Waals surface area contributed by atoms with E-state index in [1.165, 1.54) is 24.7 Å². The Morgan fingerprint density at radius 3 is 2.20 bits per heavy atom. The zero-order chi connectivity index (χ0) is 30.5. The average molecular weight is 574 g/mol. The highest BCUT2D eigenvalue weighted by Crippen LogP contribution is 2.13. The number of rotatable bonds is 16. The van der Waals surface area contributed by atoms with Crippen molar-refractivity contribution in [1.29, 1.82) is 0 Å². The minimum atomic E-state index is -1.27. The highest BCUT2D eigenvalue weighted by atomic mass is 16.4. The number of phenols is 1. The number of carboxylic acid groups (broad SMARTS) is 1. The number of aromatic hydroxyl groups is 1. The molecule has 1 heterocycles. The summed E-state index contributed by atoms with van der Waals surface area (Å²) in [5, 5.41) is 27.0. The molecule has 4 atom stereocenters. The van der Waals surface area contributed by atoms with Gasteiger partial charge in [0, 0.05) is 31.3 Å². The third-order valence-electron chi connectivity index (χ3n) is 6.15. The second-order valence-electron chi connectivity index (χ2n) is 9.90. The molecular weight excluding hydrogens is 534 g/mol. The Hall–Kier alpha value is -4.66. The van der Waals surface area contributed by atoms with Gasteiger partial charge in [-0.2, -0.15) is 0 Å². The maximum absolute atomic E-state index is 13.4. The molecule has 0 saturated heterocycles. The molecule has 15 nitrogen and oxygen atoms in total. The molecule has 1 aromatic heterocycles. The monoisotopic (exact) mass is 573 g/mol. The highest BCUT2D eigenvalue weighted by Gasteiger charge is 2.32. The Morgan fingerprint density at radius 1 is 0.976 bits per heavy atom. The number of aliphatic imine (C=N–C) groups is 1. The number of aromatic amines is 1. The summed E-state index contributed by atoms with van der Waals surface area (Å²) in [5.74, 6) is -3.73. The molecule has 41 heavy (non-hydrogen) atoms. The van der Waals surface area contributed by atoms with Gasteiger partial charge < -0.3 is 48.3 Å². The molecule has 1 aromatic carbocycles. The van der Waals surface area contributed by atoms with E-state index < -0.39 is 47.9 Å². The molecular formula is C26H39N9O6. The van der Waals surface area contributed by atoms with E-state index in [1.54, 1.807) is 26.0 Å². The molecule has 4 unspecified atom stereocenters. The van der Waals surface area contributed by atoms with Crippen molar-refractivity contribution in [2.45, 2.75) is 63.7 Å². The van der Waals surface area contributed by atoms with Crippen LogP contribution in [0.15, 0.2) is 41.8 Å². The molecule has 0 saturated carbocycles. The van der Waals surface area contributed by atoms with Crippen molar-refractivity contribution in [3.63, 3.8) is 0 Å². The number of carbonyl (C=O) groups excluding carboxylic acids is 3. The lowest BCUT2D eigenvalue weighted by atomic mass is 10.00. The van der Waals surface area contributed by atoms with E-state index in [-0.39, 0.29) is 49.9 Å². The summed E-state index contributed by atoms with van der Waals surface area (Å²) in [6, 6.07) is 1.52. The third kappa shape index (κ3) is 11.2. The molecule has 12 N–H and O–H groups in total. The summed E-state index contributed by atoms with van der Waals surface area (Å²) < 4.78 is 0. The number of guanidine groups is 1. The predicted octanol–water partition coefficient (Wildman–Crippen LogP) is -1.52. The maximum atomic E-state index is 13.4. The van der Waals surface area contributed by atoms with E-state index in [0.717, 1.165) is 0 Å². The van der Waals surface area contributed by atoms with Gasteiger partial charge >= 0.3 is 5.97 Å². The van der Waals surface area contributed by atoms with E-state index in [4.69, 9.17) is 17.2 Å². The van der Waals surface area contributed by atoms with Crippen molar-refractivity contribution in [2.24, 2.45) is 28.1 Å². The van der Waals surface area contributed by atoms with Crippen LogP contribution in [0.3, 0.4) is 0 Å². The minimum Gasteiger partial charge on any atom is -0.508 e. The highest BCUT2D eigenvalue weighted by molar-refractivity contribution is 5.94. The lowest BCUT2D eigenvalue weighted by Crippen LogP contribution is -2.59. The van der Waals surface area contributed by atoms with Gasteiger partial charge in [0.2, 0.25) is 17.7 Å². The van der Waals surface area contributed by atoms with Crippen molar-refractivity contribution >= 4 is 29.7 Å². The molecule has 2 rings (SSSR count). The van der Waals surface area contributed by atoms with Gasteiger partial charge in [0.15, 0.2) is 5.96 Å². The molecule has 224 valence electrons. The zero-order valence-corrected chi connectivity index (χ0v) is 23.0. The number of nitrogens with one attached hydrogen (secondary N) is 4. The molecule has 2 aromatic rings. The summed E-state index contributed by atoms with van der Waals surface area (Å²) in [5.41, 5.74) is 17.8. The zero-order valence-electron chi connectivity index (χ0n) is 23.0. The fourth-order valence-electron chi connectivity index (χ4n) is 3.89. The molecule has 3 amide bonds. The largest absolute Gasteiger partial charge is 0.508 e. The van der Waals surface area contributed by atoms with Gasteiger partial charge in [0.25, 0.3) is 0 Å². The lowest BCUT2D eigenvalue weighted by Gasteiger charge is -2.27. The Labute approximate surface area is 237 Å². The number of hydrogen-bond acceptors (Lipinski definition) is 8. The number of carboxylic acids is 1. The number of aromatic nitrogens is 2. The predicted molar refractivity (Wildman–Crippen MR) is 150 cm³/mol. The van der Waals surface area contributed by atoms with Crippen molar-refractivity contribution in [2.75, 3.05) is 6.54 Å². The minimum absolute atomic E-state index is 0.0135. The summed E-state index contributed by atoms with van der Waals surface area (Å²) in [7, 11) is 0. The number of carbonyl (C=O) groups is 4. The van der Waals surface area contributed by atoms with Crippen LogP contribution in [0.1, 0.15) is 37.9 Å². The van der Waals surface area contributed by atoms with Gasteiger partial charge in [-0.1, -0.05) is 26.0 Å². The number of hydrogen-bond donors (Lipinski definition) is 9. The van der Waals surface area contributed by atoms with Crippen molar-refractivity contribution < 1.29 is 29.4 Å². The van der Waals surface area contributed by atoms with E-state index in [2.05, 4.69) is 30.9 Å². The number of H-pyrrole nitrogens is 1. The number of benzene rings is 1. The quantitative estimate of drug-likeness (QED) is 0.0635. The first kappa shape index (κ1) is 32.6. The first-order valence-corrected chi connectivity index (χ1v) is 13.1. The number of aliphatic carboxylic acids is 1. The second-order valence-corrected chi connectivity index (χ2v) is 9.90. The lowest BCUT2D eigenvalue weighted by molar-refractivity contribution is -0.142. The normalized spacial score (nSPS) is 13.9. The van der Waals surface area contributed by atoms with Crippen molar-refractivity contribution in [3.8, 4) is 5.75 Å². The van der Waals surface area contributed by atoms with Crippen LogP contribution in [0.4, 0.5) is 0 Å². The molecule has 0 bridgehead atoms. The number of nitrogens with zero attached hydrogens (tertiary/aromatic N) is 2. The molecule has 0 aliphatic rings. The first-order chi connectivity index (χ1) is 19.4. The van der Waals surface area contributed by atoms with Crippen molar-refractivity contribution in [1.82, 2.24) is 25.9 Å². The Balaban J connectivity index is 2.18. The Kier molecular flexibility index (Phi) is 12.6.